The van der Waals surface area contributed by atoms with Crippen LogP contribution in [-0.4, -0.2) is 53.0 Å². The van der Waals surface area contributed by atoms with Gasteiger partial charge in [-0.25, -0.2) is 4.68 Å². The SMILES string of the molecule is COCCN(CCCN)Cc1cc(-c2cccnc2)nn1-c1ccc(Cl)c(Cl)c1. The lowest BCUT2D eigenvalue weighted by atomic mass is 10.2. The molecule has 0 saturated heterocycles. The Labute approximate surface area is 181 Å². The first kappa shape index (κ1) is 21.7. The van der Waals surface area contributed by atoms with Gasteiger partial charge in [-0.15, -0.1) is 0 Å². The molecule has 0 fully saturated rings. The summed E-state index contributed by atoms with van der Waals surface area (Å²) in [5, 5.41) is 5.84. The summed E-state index contributed by atoms with van der Waals surface area (Å²) >= 11 is 12.4. The number of hydrogen-bond donors (Lipinski definition) is 1. The van der Waals surface area contributed by atoms with Crippen LogP contribution in [0.3, 0.4) is 0 Å². The Morgan fingerprint density at radius 1 is 1.14 bits per heavy atom. The maximum absolute atomic E-state index is 6.26. The molecule has 1 aromatic carbocycles. The second-order valence-electron chi connectivity index (χ2n) is 6.68. The molecule has 0 aliphatic carbocycles. The van der Waals surface area contributed by atoms with Crippen molar-refractivity contribution in [3.63, 3.8) is 0 Å². The maximum Gasteiger partial charge on any atom is 0.0946 e. The summed E-state index contributed by atoms with van der Waals surface area (Å²) in [6.07, 6.45) is 4.47. The number of halogens is 2. The van der Waals surface area contributed by atoms with Gasteiger partial charge in [0.05, 0.1) is 33.7 Å². The molecule has 3 rings (SSSR count). The van der Waals surface area contributed by atoms with Gasteiger partial charge in [-0.2, -0.15) is 5.10 Å². The van der Waals surface area contributed by atoms with Crippen LogP contribution in [0.5, 0.6) is 0 Å². The van der Waals surface area contributed by atoms with Crippen LogP contribution in [0, 0.1) is 0 Å². The Hall–Kier alpha value is -1.96. The van der Waals surface area contributed by atoms with E-state index in [0.717, 1.165) is 42.1 Å². The average molecular weight is 434 g/mol. The number of benzene rings is 1. The standard InChI is InChI=1S/C21H25Cl2N5O/c1-29-11-10-27(9-3-7-24)15-18-13-21(16-4-2-8-25-14-16)26-28(18)17-5-6-19(22)20(23)12-17/h2,4-6,8,12-14H,3,7,9-11,15,24H2,1H3. The first-order chi connectivity index (χ1) is 14.1. The summed E-state index contributed by atoms with van der Waals surface area (Å²) < 4.78 is 7.18. The molecule has 2 heterocycles. The minimum absolute atomic E-state index is 0.493. The molecule has 0 unspecified atom stereocenters. The number of aromatic nitrogens is 3. The van der Waals surface area contributed by atoms with Crippen LogP contribution in [0.4, 0.5) is 0 Å². The lowest BCUT2D eigenvalue weighted by molar-refractivity contribution is 0.142. The van der Waals surface area contributed by atoms with Crippen molar-refractivity contribution in [1.29, 1.82) is 0 Å². The Balaban J connectivity index is 1.98. The second kappa shape index (κ2) is 10.7. The Kier molecular flexibility index (Phi) is 8.03. The van der Waals surface area contributed by atoms with Crippen molar-refractivity contribution >= 4 is 23.2 Å². The Morgan fingerprint density at radius 3 is 2.69 bits per heavy atom. The maximum atomic E-state index is 6.26. The lowest BCUT2D eigenvalue weighted by Crippen LogP contribution is -2.30. The monoisotopic (exact) mass is 433 g/mol. The van der Waals surface area contributed by atoms with E-state index in [1.165, 1.54) is 0 Å². The van der Waals surface area contributed by atoms with E-state index >= 15 is 0 Å². The zero-order valence-electron chi connectivity index (χ0n) is 16.4. The molecular formula is C21H25Cl2N5O. The third-order valence-corrected chi connectivity index (χ3v) is 5.30. The molecule has 6 nitrogen and oxygen atoms in total. The highest BCUT2D eigenvalue weighted by atomic mass is 35.5. The van der Waals surface area contributed by atoms with Crippen LogP contribution < -0.4 is 5.73 Å². The molecule has 2 N–H and O–H groups in total. The molecule has 0 bridgehead atoms. The summed E-state index contributed by atoms with van der Waals surface area (Å²) in [5.74, 6) is 0. The van der Waals surface area contributed by atoms with Gasteiger partial charge in [0.25, 0.3) is 0 Å². The molecule has 29 heavy (non-hydrogen) atoms. The van der Waals surface area contributed by atoms with Crippen LogP contribution >= 0.6 is 23.2 Å². The molecule has 0 aliphatic heterocycles. The second-order valence-corrected chi connectivity index (χ2v) is 7.50. The zero-order valence-corrected chi connectivity index (χ0v) is 17.9. The van der Waals surface area contributed by atoms with E-state index in [9.17, 15) is 0 Å². The number of nitrogens with zero attached hydrogens (tertiary/aromatic N) is 4. The highest BCUT2D eigenvalue weighted by molar-refractivity contribution is 6.42. The van der Waals surface area contributed by atoms with Gasteiger partial charge >= 0.3 is 0 Å². The van der Waals surface area contributed by atoms with E-state index in [-0.39, 0.29) is 0 Å². The van der Waals surface area contributed by atoms with Crippen molar-refractivity contribution < 1.29 is 4.74 Å². The van der Waals surface area contributed by atoms with Crippen LogP contribution in [0.1, 0.15) is 12.1 Å². The number of nitrogens with two attached hydrogens (primary N) is 1. The third-order valence-electron chi connectivity index (χ3n) is 4.56. The summed E-state index contributed by atoms with van der Waals surface area (Å²) in [6.45, 7) is 3.70. The number of methoxy groups -OCH3 is 1. The molecule has 0 amide bonds. The Morgan fingerprint density at radius 2 is 2.00 bits per heavy atom. The third kappa shape index (κ3) is 5.78. The van der Waals surface area contributed by atoms with Gasteiger partial charge in [0.1, 0.15) is 0 Å². The van der Waals surface area contributed by atoms with E-state index < -0.39 is 0 Å². The molecule has 0 radical (unpaired) electrons. The largest absolute Gasteiger partial charge is 0.383 e. The Bertz CT molecular complexity index is 909. The zero-order chi connectivity index (χ0) is 20.6. The average Bonchev–Trinajstić information content (AvgIpc) is 3.16. The van der Waals surface area contributed by atoms with E-state index in [1.807, 2.05) is 35.1 Å². The van der Waals surface area contributed by atoms with Gasteiger partial charge in [-0.05, 0) is 55.9 Å². The molecular weight excluding hydrogens is 409 g/mol. The molecule has 0 saturated carbocycles. The molecule has 0 spiro atoms. The van der Waals surface area contributed by atoms with E-state index in [4.69, 9.17) is 38.8 Å². The van der Waals surface area contributed by atoms with Gasteiger partial charge in [0.15, 0.2) is 0 Å². The normalized spacial score (nSPS) is 11.3. The molecule has 8 heteroatoms. The molecule has 154 valence electrons. The number of rotatable bonds is 10. The fourth-order valence-electron chi connectivity index (χ4n) is 3.06. The molecule has 3 aromatic rings. The summed E-state index contributed by atoms with van der Waals surface area (Å²) in [4.78, 5) is 6.53. The van der Waals surface area contributed by atoms with Gasteiger partial charge in [-0.1, -0.05) is 23.2 Å². The van der Waals surface area contributed by atoms with Crippen LogP contribution in [0.2, 0.25) is 10.0 Å². The highest BCUT2D eigenvalue weighted by Crippen LogP contribution is 2.27. The highest BCUT2D eigenvalue weighted by Gasteiger charge is 2.16. The predicted molar refractivity (Wildman–Crippen MR) is 118 cm³/mol. The van der Waals surface area contributed by atoms with Crippen LogP contribution in [0.15, 0.2) is 48.8 Å². The van der Waals surface area contributed by atoms with Crippen molar-refractivity contribution in [2.45, 2.75) is 13.0 Å². The van der Waals surface area contributed by atoms with Gasteiger partial charge < -0.3 is 10.5 Å². The first-order valence-electron chi connectivity index (χ1n) is 9.48. The van der Waals surface area contributed by atoms with Crippen LogP contribution in [0.25, 0.3) is 16.9 Å². The van der Waals surface area contributed by atoms with Gasteiger partial charge in [0.2, 0.25) is 0 Å². The van der Waals surface area contributed by atoms with Crippen molar-refractivity contribution in [3.05, 3.63) is 64.5 Å². The van der Waals surface area contributed by atoms with Gasteiger partial charge in [-0.3, -0.25) is 9.88 Å². The van der Waals surface area contributed by atoms with Crippen molar-refractivity contribution in [2.75, 3.05) is 33.4 Å². The minimum Gasteiger partial charge on any atom is -0.383 e. The van der Waals surface area contributed by atoms with Gasteiger partial charge in [0, 0.05) is 38.2 Å². The van der Waals surface area contributed by atoms with E-state index in [2.05, 4.69) is 16.0 Å². The molecule has 0 aliphatic rings. The molecule has 0 atom stereocenters. The fraction of sp³-hybridized carbons (Fsp3) is 0.333. The molecule has 2 aromatic heterocycles. The number of hydrogen-bond acceptors (Lipinski definition) is 5. The van der Waals surface area contributed by atoms with Crippen molar-refractivity contribution in [1.82, 2.24) is 19.7 Å². The number of pyridine rings is 1. The fourth-order valence-corrected chi connectivity index (χ4v) is 3.35. The summed E-state index contributed by atoms with van der Waals surface area (Å²) in [7, 11) is 1.71. The van der Waals surface area contributed by atoms with Crippen LogP contribution in [-0.2, 0) is 11.3 Å². The summed E-state index contributed by atoms with van der Waals surface area (Å²) in [5.41, 5.74) is 9.42. The van der Waals surface area contributed by atoms with Crippen molar-refractivity contribution in [3.8, 4) is 16.9 Å². The quantitative estimate of drug-likeness (QED) is 0.522. The van der Waals surface area contributed by atoms with E-state index in [1.54, 1.807) is 19.4 Å². The lowest BCUT2D eigenvalue weighted by Gasteiger charge is -2.22. The summed E-state index contributed by atoms with van der Waals surface area (Å²) in [6, 6.07) is 11.5. The van der Waals surface area contributed by atoms with Crippen molar-refractivity contribution in [2.24, 2.45) is 5.73 Å². The smallest absolute Gasteiger partial charge is 0.0946 e. The van der Waals surface area contributed by atoms with E-state index in [0.29, 0.717) is 29.7 Å². The number of ether oxygens (including phenoxy) is 1. The minimum atomic E-state index is 0.493. The topological polar surface area (TPSA) is 69.2 Å². The predicted octanol–water partition coefficient (Wildman–Crippen LogP) is 4.04. The first-order valence-corrected chi connectivity index (χ1v) is 10.2.